The summed E-state index contributed by atoms with van der Waals surface area (Å²) in [4.78, 5) is 15.7. The lowest BCUT2D eigenvalue weighted by molar-refractivity contribution is 1.47. The molecule has 5 heteroatoms. The minimum Gasteiger partial charge on any atom is -0.376 e. The summed E-state index contributed by atoms with van der Waals surface area (Å²) < 4.78 is 0. The highest BCUT2D eigenvalue weighted by molar-refractivity contribution is 7.80. The van der Waals surface area contributed by atoms with E-state index in [-0.39, 0.29) is 10.5 Å². The molecule has 4 N–H and O–H groups in total. The number of benzene rings is 2. The summed E-state index contributed by atoms with van der Waals surface area (Å²) >= 11 is 4.84. The maximum atomic E-state index is 12.4. The minimum atomic E-state index is -0.00376. The van der Waals surface area contributed by atoms with E-state index in [0.29, 0.717) is 22.0 Å². The molecular weight excluding hydrogens is 258 g/mol. The molecule has 0 unspecified atom stereocenters. The summed E-state index contributed by atoms with van der Waals surface area (Å²) in [6.07, 6.45) is 0. The molecule has 0 aliphatic heterocycles. The van der Waals surface area contributed by atoms with Gasteiger partial charge in [0.05, 0.1) is 11.2 Å². The Morgan fingerprint density at radius 2 is 1.84 bits per heavy atom. The van der Waals surface area contributed by atoms with E-state index in [1.54, 1.807) is 18.2 Å². The van der Waals surface area contributed by atoms with Crippen LogP contribution in [-0.2, 0) is 0 Å². The largest absolute Gasteiger partial charge is 0.376 e. The quantitative estimate of drug-likeness (QED) is 0.468. The first-order valence-corrected chi connectivity index (χ1v) is 6.18. The second-order valence-corrected chi connectivity index (χ2v) is 4.66. The molecule has 0 saturated heterocycles. The number of thiocarbonyl (C=S) groups is 1. The molecule has 19 heavy (non-hydrogen) atoms. The summed E-state index contributed by atoms with van der Waals surface area (Å²) in [6.45, 7) is 0. The van der Waals surface area contributed by atoms with Crippen LogP contribution < -0.4 is 16.5 Å². The molecule has 0 bridgehead atoms. The number of nitrogens with one attached hydrogen (secondary N) is 2. The Labute approximate surface area is 114 Å². The average molecular weight is 269 g/mol. The predicted octanol–water partition coefficient (Wildman–Crippen LogP) is 2.34. The van der Waals surface area contributed by atoms with Crippen LogP contribution in [0.15, 0.2) is 47.3 Å². The van der Waals surface area contributed by atoms with Gasteiger partial charge in [-0.25, -0.2) is 0 Å². The molecule has 0 fully saturated rings. The summed E-state index contributed by atoms with van der Waals surface area (Å²) in [5.74, 6) is 0. The third-order valence-electron chi connectivity index (χ3n) is 3.00. The molecule has 1 heterocycles. The normalized spacial score (nSPS) is 10.7. The summed E-state index contributed by atoms with van der Waals surface area (Å²) in [5.41, 5.74) is 7.69. The van der Waals surface area contributed by atoms with Gasteiger partial charge >= 0.3 is 0 Å². The SMILES string of the molecule is NC(=S)Nc1cccc2c(=O)c3ccccc3[nH]c12. The number of nitrogens with two attached hydrogens (primary N) is 1. The molecular formula is C14H11N3OS. The molecule has 1 aromatic heterocycles. The van der Waals surface area contributed by atoms with E-state index < -0.39 is 0 Å². The zero-order valence-electron chi connectivity index (χ0n) is 9.94. The van der Waals surface area contributed by atoms with Crippen LogP contribution in [0.5, 0.6) is 0 Å². The second kappa shape index (κ2) is 4.37. The van der Waals surface area contributed by atoms with Gasteiger partial charge in [0.1, 0.15) is 0 Å². The van der Waals surface area contributed by atoms with Crippen LogP contribution in [0, 0.1) is 0 Å². The molecule has 3 rings (SSSR count). The molecule has 0 saturated carbocycles. The number of rotatable bonds is 1. The van der Waals surface area contributed by atoms with Crippen LogP contribution in [-0.4, -0.2) is 10.1 Å². The number of fused-ring (bicyclic) bond motifs is 2. The first kappa shape index (κ1) is 11.7. The van der Waals surface area contributed by atoms with Gasteiger partial charge in [0, 0.05) is 16.3 Å². The molecule has 0 aliphatic rings. The van der Waals surface area contributed by atoms with Crippen molar-refractivity contribution in [2.75, 3.05) is 5.32 Å². The number of pyridine rings is 1. The van der Waals surface area contributed by atoms with Crippen molar-refractivity contribution in [3.05, 3.63) is 52.7 Å². The van der Waals surface area contributed by atoms with Gasteiger partial charge in [0.2, 0.25) is 0 Å². The lowest BCUT2D eigenvalue weighted by Gasteiger charge is -2.09. The van der Waals surface area contributed by atoms with Crippen molar-refractivity contribution < 1.29 is 0 Å². The summed E-state index contributed by atoms with van der Waals surface area (Å²) in [6, 6.07) is 12.8. The van der Waals surface area contributed by atoms with E-state index in [9.17, 15) is 4.79 Å². The van der Waals surface area contributed by atoms with Crippen molar-refractivity contribution in [2.45, 2.75) is 0 Å². The Balaban J connectivity index is 2.44. The Kier molecular flexibility index (Phi) is 2.68. The highest BCUT2D eigenvalue weighted by atomic mass is 32.1. The number of aromatic nitrogens is 1. The van der Waals surface area contributed by atoms with E-state index in [1.807, 2.05) is 24.3 Å². The third-order valence-corrected chi connectivity index (χ3v) is 3.10. The van der Waals surface area contributed by atoms with Crippen LogP contribution in [0.1, 0.15) is 0 Å². The molecule has 0 atom stereocenters. The van der Waals surface area contributed by atoms with E-state index in [1.165, 1.54) is 0 Å². The standard InChI is InChI=1S/C14H11N3OS/c15-14(19)17-11-7-3-5-9-12(11)16-10-6-2-1-4-8(10)13(9)18/h1-7H,(H,16,18)(H3,15,17,19). The lowest BCUT2D eigenvalue weighted by Crippen LogP contribution is -2.19. The first-order chi connectivity index (χ1) is 9.16. The Hall–Kier alpha value is -2.40. The van der Waals surface area contributed by atoms with Crippen LogP contribution in [0.25, 0.3) is 21.8 Å². The maximum absolute atomic E-state index is 12.4. The number of anilines is 1. The fraction of sp³-hybridized carbons (Fsp3) is 0. The topological polar surface area (TPSA) is 70.9 Å². The second-order valence-electron chi connectivity index (χ2n) is 4.22. The Bertz CT molecular complexity index is 854. The molecule has 0 aliphatic carbocycles. The zero-order chi connectivity index (χ0) is 13.4. The molecule has 3 aromatic rings. The van der Waals surface area contributed by atoms with Gasteiger partial charge in [-0.1, -0.05) is 18.2 Å². The molecule has 94 valence electrons. The molecule has 0 spiro atoms. The lowest BCUT2D eigenvalue weighted by atomic mass is 10.1. The monoisotopic (exact) mass is 269 g/mol. The van der Waals surface area contributed by atoms with Crippen molar-refractivity contribution in [3.63, 3.8) is 0 Å². The predicted molar refractivity (Wildman–Crippen MR) is 82.5 cm³/mol. The number of aromatic amines is 1. The van der Waals surface area contributed by atoms with Gasteiger partial charge < -0.3 is 16.0 Å². The number of H-pyrrole nitrogens is 1. The van der Waals surface area contributed by atoms with Crippen LogP contribution >= 0.6 is 12.2 Å². The third kappa shape index (κ3) is 1.94. The number of para-hydroxylation sites is 2. The molecule has 0 amide bonds. The highest BCUT2D eigenvalue weighted by Crippen LogP contribution is 2.21. The zero-order valence-corrected chi connectivity index (χ0v) is 10.8. The maximum Gasteiger partial charge on any atom is 0.197 e. The Morgan fingerprint density at radius 1 is 1.11 bits per heavy atom. The minimum absolute atomic E-state index is 0.00376. The van der Waals surface area contributed by atoms with Gasteiger partial charge in [-0.2, -0.15) is 0 Å². The van der Waals surface area contributed by atoms with Crippen LogP contribution in [0.3, 0.4) is 0 Å². The van der Waals surface area contributed by atoms with Gasteiger partial charge in [0.15, 0.2) is 10.5 Å². The van der Waals surface area contributed by atoms with E-state index in [0.717, 1.165) is 5.52 Å². The first-order valence-electron chi connectivity index (χ1n) is 5.77. The van der Waals surface area contributed by atoms with Crippen LogP contribution in [0.2, 0.25) is 0 Å². The fourth-order valence-electron chi connectivity index (χ4n) is 2.18. The van der Waals surface area contributed by atoms with Gasteiger partial charge in [-0.15, -0.1) is 0 Å². The van der Waals surface area contributed by atoms with Crippen molar-refractivity contribution in [2.24, 2.45) is 5.73 Å². The van der Waals surface area contributed by atoms with Crippen LogP contribution in [0.4, 0.5) is 5.69 Å². The highest BCUT2D eigenvalue weighted by Gasteiger charge is 2.08. The number of hydrogen-bond acceptors (Lipinski definition) is 2. The van der Waals surface area contributed by atoms with E-state index >= 15 is 0 Å². The van der Waals surface area contributed by atoms with Gasteiger partial charge in [0.25, 0.3) is 0 Å². The number of hydrogen-bond donors (Lipinski definition) is 3. The van der Waals surface area contributed by atoms with E-state index in [4.69, 9.17) is 18.0 Å². The van der Waals surface area contributed by atoms with Crippen molar-refractivity contribution in [1.82, 2.24) is 4.98 Å². The van der Waals surface area contributed by atoms with Gasteiger partial charge in [-0.05, 0) is 36.5 Å². The summed E-state index contributed by atoms with van der Waals surface area (Å²) in [7, 11) is 0. The van der Waals surface area contributed by atoms with E-state index in [2.05, 4.69) is 10.3 Å². The fourth-order valence-corrected chi connectivity index (χ4v) is 2.29. The molecule has 4 nitrogen and oxygen atoms in total. The van der Waals surface area contributed by atoms with Crippen molar-refractivity contribution in [1.29, 1.82) is 0 Å². The molecule has 2 aromatic carbocycles. The summed E-state index contributed by atoms with van der Waals surface area (Å²) in [5, 5.41) is 4.33. The van der Waals surface area contributed by atoms with Crippen molar-refractivity contribution in [3.8, 4) is 0 Å². The van der Waals surface area contributed by atoms with Gasteiger partial charge in [-0.3, -0.25) is 4.79 Å². The average Bonchev–Trinajstić information content (AvgIpc) is 2.40. The molecule has 0 radical (unpaired) electrons. The van der Waals surface area contributed by atoms with Crippen molar-refractivity contribution >= 4 is 44.8 Å². The Morgan fingerprint density at radius 3 is 2.63 bits per heavy atom. The smallest absolute Gasteiger partial charge is 0.197 e.